The second-order valence-corrected chi connectivity index (χ2v) is 6.08. The van der Waals surface area contributed by atoms with Crippen LogP contribution in [0.2, 0.25) is 0 Å². The molecule has 1 atom stereocenters. The van der Waals surface area contributed by atoms with E-state index in [-0.39, 0.29) is 0 Å². The van der Waals surface area contributed by atoms with Gasteiger partial charge < -0.3 is 20.8 Å². The van der Waals surface area contributed by atoms with Gasteiger partial charge in [-0.1, -0.05) is 42.5 Å². The average molecular weight is 354 g/mol. The van der Waals surface area contributed by atoms with Crippen molar-refractivity contribution in [2.75, 3.05) is 19.3 Å². The Labute approximate surface area is 152 Å². The van der Waals surface area contributed by atoms with Gasteiger partial charge in [0.05, 0.1) is 0 Å². The highest BCUT2D eigenvalue weighted by Crippen LogP contribution is 2.35. The second kappa shape index (κ2) is 8.82. The summed E-state index contributed by atoms with van der Waals surface area (Å²) in [5.74, 6) is -2.08. The van der Waals surface area contributed by atoms with E-state index in [1.807, 2.05) is 6.07 Å². The van der Waals surface area contributed by atoms with Crippen molar-refractivity contribution in [2.24, 2.45) is 0 Å². The van der Waals surface area contributed by atoms with Crippen LogP contribution in [0.3, 0.4) is 0 Å². The molecule has 6 heteroatoms. The van der Waals surface area contributed by atoms with Gasteiger partial charge in [-0.2, -0.15) is 0 Å². The van der Waals surface area contributed by atoms with Crippen molar-refractivity contribution in [1.82, 2.24) is 4.90 Å². The Morgan fingerprint density at radius 3 is 2.23 bits per heavy atom. The van der Waals surface area contributed by atoms with E-state index in [0.29, 0.717) is 18.1 Å². The van der Waals surface area contributed by atoms with E-state index in [1.165, 1.54) is 16.7 Å². The molecule has 1 aliphatic rings. The molecule has 0 aliphatic carbocycles. The number of benzene rings is 2. The molecule has 0 amide bonds. The van der Waals surface area contributed by atoms with Crippen LogP contribution in [-0.2, 0) is 16.1 Å². The number of nitrogens with two attached hydrogens (primary N) is 1. The second-order valence-electron chi connectivity index (χ2n) is 6.08. The minimum atomic E-state index is -1.26. The van der Waals surface area contributed by atoms with Crippen molar-refractivity contribution < 1.29 is 19.8 Å². The van der Waals surface area contributed by atoms with E-state index in [9.17, 15) is 9.59 Å². The average Bonchev–Trinajstić information content (AvgIpc) is 2.61. The van der Waals surface area contributed by atoms with Crippen LogP contribution in [0.15, 0.2) is 60.7 Å². The number of carboxylic acids is 2. The normalized spacial score (nSPS) is 16.4. The zero-order valence-electron chi connectivity index (χ0n) is 14.5. The van der Waals surface area contributed by atoms with Crippen LogP contribution in [0.25, 0.3) is 0 Å². The van der Waals surface area contributed by atoms with Gasteiger partial charge in [0.1, 0.15) is 0 Å². The van der Waals surface area contributed by atoms with Crippen LogP contribution >= 0.6 is 0 Å². The molecule has 6 nitrogen and oxygen atoms in total. The number of aliphatic carboxylic acids is 2. The van der Waals surface area contributed by atoms with Gasteiger partial charge >= 0.3 is 11.9 Å². The van der Waals surface area contributed by atoms with Crippen molar-refractivity contribution in [1.29, 1.82) is 0 Å². The standard InChI is InChI=1S/C16H18N2.C4H4O4/c1-18-10-14(12-6-3-2-4-7-12)13-8-5-9-16(17)15(13)11-18;5-3(6)1-2-4(7)8/h2-9,14H,10-11,17H2,1H3;1-2H,(H,5,6)(H,7,8)/t14-;/m1./s1. The summed E-state index contributed by atoms with van der Waals surface area (Å²) >= 11 is 0. The molecule has 0 saturated heterocycles. The minimum absolute atomic E-state index is 0.434. The first kappa shape index (κ1) is 19.2. The summed E-state index contributed by atoms with van der Waals surface area (Å²) in [6.45, 7) is 2.01. The van der Waals surface area contributed by atoms with Crippen LogP contribution in [-0.4, -0.2) is 40.6 Å². The monoisotopic (exact) mass is 354 g/mol. The zero-order chi connectivity index (χ0) is 19.1. The van der Waals surface area contributed by atoms with Gasteiger partial charge in [-0.3, -0.25) is 0 Å². The van der Waals surface area contributed by atoms with Crippen LogP contribution in [0, 0.1) is 0 Å². The van der Waals surface area contributed by atoms with Crippen LogP contribution in [0.5, 0.6) is 0 Å². The molecule has 4 N–H and O–H groups in total. The Morgan fingerprint density at radius 1 is 1.04 bits per heavy atom. The van der Waals surface area contributed by atoms with Crippen molar-refractivity contribution in [3.8, 4) is 0 Å². The zero-order valence-corrected chi connectivity index (χ0v) is 14.5. The fraction of sp³-hybridized carbons (Fsp3) is 0.200. The van der Waals surface area contributed by atoms with Crippen LogP contribution < -0.4 is 5.73 Å². The molecule has 26 heavy (non-hydrogen) atoms. The SMILES string of the molecule is CN1Cc2c(N)cccc2[C@@H](c2ccccc2)C1.O=C(O)C=CC(=O)O. The van der Waals surface area contributed by atoms with Crippen molar-refractivity contribution in [2.45, 2.75) is 12.5 Å². The Balaban J connectivity index is 0.000000260. The molecule has 1 aliphatic heterocycles. The quantitative estimate of drug-likeness (QED) is 0.578. The summed E-state index contributed by atoms with van der Waals surface area (Å²) in [5.41, 5.74) is 11.1. The first-order valence-electron chi connectivity index (χ1n) is 8.13. The van der Waals surface area contributed by atoms with Gasteiger partial charge in [0, 0.05) is 36.8 Å². The summed E-state index contributed by atoms with van der Waals surface area (Å²) in [7, 11) is 2.16. The van der Waals surface area contributed by atoms with E-state index in [2.05, 4.69) is 54.4 Å². The lowest BCUT2D eigenvalue weighted by Gasteiger charge is -2.33. The molecule has 1 heterocycles. The van der Waals surface area contributed by atoms with E-state index >= 15 is 0 Å². The summed E-state index contributed by atoms with van der Waals surface area (Å²) in [4.78, 5) is 21.5. The molecule has 0 aromatic heterocycles. The Morgan fingerprint density at radius 2 is 1.65 bits per heavy atom. The highest BCUT2D eigenvalue weighted by Gasteiger charge is 2.25. The van der Waals surface area contributed by atoms with Crippen molar-refractivity contribution >= 4 is 17.6 Å². The van der Waals surface area contributed by atoms with E-state index in [4.69, 9.17) is 15.9 Å². The topological polar surface area (TPSA) is 104 Å². The fourth-order valence-electron chi connectivity index (χ4n) is 2.99. The number of nitrogens with zero attached hydrogens (tertiary/aromatic N) is 1. The maximum absolute atomic E-state index is 9.55. The maximum Gasteiger partial charge on any atom is 0.328 e. The lowest BCUT2D eigenvalue weighted by Crippen LogP contribution is -2.31. The summed E-state index contributed by atoms with van der Waals surface area (Å²) in [5, 5.41) is 15.6. The number of hydrogen-bond acceptors (Lipinski definition) is 4. The molecular formula is C20H22N2O4. The van der Waals surface area contributed by atoms with Crippen molar-refractivity contribution in [3.05, 3.63) is 77.4 Å². The van der Waals surface area contributed by atoms with Gasteiger partial charge in [-0.15, -0.1) is 0 Å². The highest BCUT2D eigenvalue weighted by molar-refractivity contribution is 5.89. The number of nitrogen functional groups attached to an aromatic ring is 1. The number of carbonyl (C=O) groups is 2. The Kier molecular flexibility index (Phi) is 6.52. The van der Waals surface area contributed by atoms with Gasteiger partial charge in [0.25, 0.3) is 0 Å². The molecule has 0 unspecified atom stereocenters. The molecule has 2 aromatic rings. The van der Waals surface area contributed by atoms with E-state index < -0.39 is 11.9 Å². The predicted octanol–water partition coefficient (Wildman–Crippen LogP) is 2.56. The number of hydrogen-bond donors (Lipinski definition) is 3. The van der Waals surface area contributed by atoms with E-state index in [0.717, 1.165) is 18.8 Å². The predicted molar refractivity (Wildman–Crippen MR) is 99.9 cm³/mol. The largest absolute Gasteiger partial charge is 0.478 e. The lowest BCUT2D eigenvalue weighted by atomic mass is 9.84. The molecule has 0 radical (unpaired) electrons. The first-order chi connectivity index (χ1) is 12.4. The molecule has 2 aromatic carbocycles. The summed E-state index contributed by atoms with van der Waals surface area (Å²) in [6.07, 6.45) is 1.12. The Bertz CT molecular complexity index is 787. The molecule has 0 bridgehead atoms. The molecule has 3 rings (SSSR count). The third-order valence-electron chi connectivity index (χ3n) is 4.12. The molecule has 136 valence electrons. The number of carboxylic acid groups (broad SMARTS) is 2. The lowest BCUT2D eigenvalue weighted by molar-refractivity contribution is -0.134. The van der Waals surface area contributed by atoms with Crippen molar-refractivity contribution in [3.63, 3.8) is 0 Å². The highest BCUT2D eigenvalue weighted by atomic mass is 16.4. The Hall–Kier alpha value is -3.12. The first-order valence-corrected chi connectivity index (χ1v) is 8.13. The third kappa shape index (κ3) is 5.19. The molecular weight excluding hydrogens is 332 g/mol. The van der Waals surface area contributed by atoms with Gasteiger partial charge in [-0.25, -0.2) is 9.59 Å². The maximum atomic E-state index is 9.55. The van der Waals surface area contributed by atoms with Gasteiger partial charge in [0.15, 0.2) is 0 Å². The molecule has 0 saturated carbocycles. The fourth-order valence-corrected chi connectivity index (χ4v) is 2.99. The van der Waals surface area contributed by atoms with Gasteiger partial charge in [0.2, 0.25) is 0 Å². The van der Waals surface area contributed by atoms with E-state index in [1.54, 1.807) is 0 Å². The summed E-state index contributed by atoms with van der Waals surface area (Å²) in [6, 6.07) is 17.0. The molecule has 0 spiro atoms. The van der Waals surface area contributed by atoms with Crippen LogP contribution in [0.1, 0.15) is 22.6 Å². The minimum Gasteiger partial charge on any atom is -0.478 e. The number of anilines is 1. The summed E-state index contributed by atoms with van der Waals surface area (Å²) < 4.78 is 0. The third-order valence-corrected chi connectivity index (χ3v) is 4.12. The van der Waals surface area contributed by atoms with Crippen LogP contribution in [0.4, 0.5) is 5.69 Å². The number of fused-ring (bicyclic) bond motifs is 1. The number of rotatable bonds is 3. The molecule has 0 fully saturated rings. The number of likely N-dealkylation sites (N-methyl/N-ethyl adjacent to an activating group) is 1. The van der Waals surface area contributed by atoms with Gasteiger partial charge in [-0.05, 0) is 29.8 Å². The smallest absolute Gasteiger partial charge is 0.328 e.